The van der Waals surface area contributed by atoms with Gasteiger partial charge in [-0.3, -0.25) is 19.3 Å². The third-order valence-corrected chi connectivity index (χ3v) is 7.80. The maximum Gasteiger partial charge on any atom is 0.349 e. The van der Waals surface area contributed by atoms with Gasteiger partial charge in [0, 0.05) is 55.4 Å². The summed E-state index contributed by atoms with van der Waals surface area (Å²) in [6.45, 7) is 1.09. The van der Waals surface area contributed by atoms with Crippen molar-refractivity contribution in [2.24, 2.45) is 0 Å². The van der Waals surface area contributed by atoms with Crippen LogP contribution < -0.4 is 32.8 Å². The van der Waals surface area contributed by atoms with E-state index >= 15 is 0 Å². The molecule has 0 saturated carbocycles. The zero-order valence-electron chi connectivity index (χ0n) is 26.0. The Morgan fingerprint density at radius 3 is 1.06 bits per heavy atom. The van der Waals surface area contributed by atoms with Crippen molar-refractivity contribution in [1.29, 1.82) is 0 Å². The van der Waals surface area contributed by atoms with Gasteiger partial charge in [0.05, 0.1) is 0 Å². The predicted octanol–water partition coefficient (Wildman–Crippen LogP) is 2.90. The van der Waals surface area contributed by atoms with E-state index in [1.54, 1.807) is 72.8 Å². The second-order valence-corrected chi connectivity index (χ2v) is 11.1. The minimum absolute atomic E-state index is 0.107. The summed E-state index contributed by atoms with van der Waals surface area (Å²) in [6.07, 6.45) is 0. The fraction of sp³-hybridized carbons (Fsp3) is 0.167. The average Bonchev–Trinajstić information content (AvgIpc) is 3.10. The zero-order chi connectivity index (χ0) is 34.3. The van der Waals surface area contributed by atoms with E-state index in [1.807, 2.05) is 4.90 Å². The zero-order valence-corrected chi connectivity index (χ0v) is 26.0. The van der Waals surface area contributed by atoms with Crippen LogP contribution in [0.5, 0.6) is 0 Å². The van der Waals surface area contributed by atoms with Gasteiger partial charge < -0.3 is 29.2 Å². The summed E-state index contributed by atoms with van der Waals surface area (Å²) in [7, 11) is 0. The molecule has 0 bridgehead atoms. The molecule has 3 N–H and O–H groups in total. The number of nitrogens with zero attached hydrogens (tertiary/aromatic N) is 1. The minimum Gasteiger partial charge on any atom is -0.422 e. The summed E-state index contributed by atoms with van der Waals surface area (Å²) < 4.78 is 15.8. The lowest BCUT2D eigenvalue weighted by Gasteiger charge is -2.23. The summed E-state index contributed by atoms with van der Waals surface area (Å²) >= 11 is 0. The van der Waals surface area contributed by atoms with Crippen LogP contribution >= 0.6 is 0 Å². The molecule has 0 aliphatic carbocycles. The topological polar surface area (TPSA) is 181 Å². The number of hydrogen-bond acceptors (Lipinski definition) is 10. The number of benzene rings is 3. The van der Waals surface area contributed by atoms with Crippen molar-refractivity contribution in [2.75, 3.05) is 39.3 Å². The molecule has 6 aromatic rings. The van der Waals surface area contributed by atoms with E-state index in [1.165, 1.54) is 18.2 Å². The molecule has 0 aliphatic rings. The number of rotatable bonds is 12. The lowest BCUT2D eigenvalue weighted by atomic mass is 10.2. The summed E-state index contributed by atoms with van der Waals surface area (Å²) in [5, 5.41) is 9.93. The molecule has 0 unspecified atom stereocenters. The van der Waals surface area contributed by atoms with Crippen LogP contribution in [-0.2, 0) is 0 Å². The smallest absolute Gasteiger partial charge is 0.349 e. The molecule has 6 rings (SSSR count). The van der Waals surface area contributed by atoms with Gasteiger partial charge >= 0.3 is 16.9 Å². The van der Waals surface area contributed by atoms with Crippen LogP contribution in [0.4, 0.5) is 0 Å². The highest BCUT2D eigenvalue weighted by molar-refractivity contribution is 5.98. The van der Waals surface area contributed by atoms with Gasteiger partial charge in [0.15, 0.2) is 0 Å². The molecule has 3 aromatic carbocycles. The van der Waals surface area contributed by atoms with Gasteiger partial charge in [-0.15, -0.1) is 0 Å². The summed E-state index contributed by atoms with van der Waals surface area (Å²) in [6, 6.07) is 24.9. The third-order valence-electron chi connectivity index (χ3n) is 7.80. The monoisotopic (exact) mass is 662 g/mol. The van der Waals surface area contributed by atoms with Gasteiger partial charge in [-0.05, 0) is 36.4 Å². The molecule has 0 spiro atoms. The highest BCUT2D eigenvalue weighted by Gasteiger charge is 2.17. The molecular weight excluding hydrogens is 632 g/mol. The van der Waals surface area contributed by atoms with Gasteiger partial charge in [0.2, 0.25) is 0 Å². The molecule has 0 atom stereocenters. The number of carbonyl (C=O) groups excluding carboxylic acids is 3. The first-order chi connectivity index (χ1) is 23.8. The number of nitrogens with one attached hydrogen (secondary N) is 3. The van der Waals surface area contributed by atoms with Crippen LogP contribution in [0.3, 0.4) is 0 Å². The molecule has 13 heteroatoms. The minimum atomic E-state index is -0.769. The largest absolute Gasteiger partial charge is 0.422 e. The van der Waals surface area contributed by atoms with E-state index in [-0.39, 0.29) is 56.0 Å². The molecule has 3 amide bonds. The van der Waals surface area contributed by atoms with Crippen molar-refractivity contribution in [3.63, 3.8) is 0 Å². The van der Waals surface area contributed by atoms with Crippen molar-refractivity contribution in [3.05, 3.63) is 139 Å². The first kappa shape index (κ1) is 32.6. The molecule has 3 heterocycles. The standard InChI is InChI=1S/C36H30N4O9/c41-31(25-19-22-7-1-4-10-28(22)47-34(25)44)37-13-16-40(17-14-38-32(42)26-20-23-8-2-5-11-29(23)48-35(26)45)18-15-39-33(43)27-21-24-9-3-6-12-30(24)49-36(27)46/h1-12,19-21H,13-18H2,(H,37,41)(H,38,42)(H,39,43). The van der Waals surface area contributed by atoms with E-state index in [4.69, 9.17) is 13.3 Å². The molecule has 0 radical (unpaired) electrons. The number of amides is 3. The third kappa shape index (κ3) is 7.63. The number of fused-ring (bicyclic) bond motifs is 3. The van der Waals surface area contributed by atoms with Crippen LogP contribution in [0.2, 0.25) is 0 Å². The van der Waals surface area contributed by atoms with E-state index in [2.05, 4.69) is 16.0 Å². The second-order valence-electron chi connectivity index (χ2n) is 11.1. The van der Waals surface area contributed by atoms with Crippen molar-refractivity contribution < 1.29 is 27.6 Å². The normalized spacial score (nSPS) is 11.2. The maximum atomic E-state index is 12.9. The highest BCUT2D eigenvalue weighted by atomic mass is 16.4. The maximum absolute atomic E-state index is 12.9. The van der Waals surface area contributed by atoms with E-state index in [0.29, 0.717) is 32.9 Å². The van der Waals surface area contributed by atoms with Gasteiger partial charge in [-0.1, -0.05) is 54.6 Å². The first-order valence-electron chi connectivity index (χ1n) is 15.4. The molecule has 13 nitrogen and oxygen atoms in total. The fourth-order valence-corrected chi connectivity index (χ4v) is 5.26. The molecule has 3 aromatic heterocycles. The lowest BCUT2D eigenvalue weighted by Crippen LogP contribution is -2.43. The predicted molar refractivity (Wildman–Crippen MR) is 181 cm³/mol. The van der Waals surface area contributed by atoms with Gasteiger partial charge in [0.25, 0.3) is 17.7 Å². The van der Waals surface area contributed by atoms with Gasteiger partial charge in [-0.2, -0.15) is 0 Å². The first-order valence-corrected chi connectivity index (χ1v) is 15.4. The van der Waals surface area contributed by atoms with Crippen molar-refractivity contribution in [1.82, 2.24) is 20.9 Å². The fourth-order valence-electron chi connectivity index (χ4n) is 5.26. The number of hydrogen-bond donors (Lipinski definition) is 3. The van der Waals surface area contributed by atoms with Gasteiger partial charge in [0.1, 0.15) is 33.4 Å². The molecule has 0 saturated heterocycles. The number of para-hydroxylation sites is 3. The molecule has 49 heavy (non-hydrogen) atoms. The van der Waals surface area contributed by atoms with Crippen molar-refractivity contribution >= 4 is 50.6 Å². The average molecular weight is 663 g/mol. The quantitative estimate of drug-likeness (QED) is 0.165. The Morgan fingerprint density at radius 2 is 0.755 bits per heavy atom. The van der Waals surface area contributed by atoms with Gasteiger partial charge in [-0.25, -0.2) is 14.4 Å². The summed E-state index contributed by atoms with van der Waals surface area (Å²) in [4.78, 5) is 77.8. The lowest BCUT2D eigenvalue weighted by molar-refractivity contribution is 0.0944. The molecule has 0 aliphatic heterocycles. The Morgan fingerprint density at radius 1 is 0.469 bits per heavy atom. The Labute approximate surface area is 277 Å². The molecular formula is C36H30N4O9. The SMILES string of the molecule is O=C(NCCN(CCNC(=O)c1cc2ccccc2oc1=O)CCNC(=O)c1cc2ccccc2oc1=O)c1cc2ccccc2oc1=O. The Hall–Kier alpha value is -6.34. The number of carbonyl (C=O) groups is 3. The van der Waals surface area contributed by atoms with Crippen molar-refractivity contribution in [2.45, 2.75) is 0 Å². The Bertz CT molecular complexity index is 2110. The van der Waals surface area contributed by atoms with Crippen molar-refractivity contribution in [3.8, 4) is 0 Å². The summed E-state index contributed by atoms with van der Waals surface area (Å²) in [5.74, 6) is -1.86. The van der Waals surface area contributed by atoms with Crippen LogP contribution in [0.25, 0.3) is 32.9 Å². The summed E-state index contributed by atoms with van der Waals surface area (Å²) in [5.41, 5.74) is -1.65. The van der Waals surface area contributed by atoms with E-state index in [9.17, 15) is 28.8 Å². The molecule has 0 fully saturated rings. The highest BCUT2D eigenvalue weighted by Crippen LogP contribution is 2.14. The Balaban J connectivity index is 1.09. The Kier molecular flexibility index (Phi) is 9.72. The van der Waals surface area contributed by atoms with Crippen LogP contribution in [0.1, 0.15) is 31.1 Å². The molecule has 248 valence electrons. The van der Waals surface area contributed by atoms with Crippen LogP contribution in [0.15, 0.2) is 119 Å². The van der Waals surface area contributed by atoms with E-state index in [0.717, 1.165) is 0 Å². The van der Waals surface area contributed by atoms with Crippen LogP contribution in [-0.4, -0.2) is 61.9 Å². The van der Waals surface area contributed by atoms with E-state index < -0.39 is 34.6 Å². The van der Waals surface area contributed by atoms with Crippen LogP contribution in [0, 0.1) is 0 Å². The second kappa shape index (κ2) is 14.6.